The highest BCUT2D eigenvalue weighted by molar-refractivity contribution is 5.90. The molecular formula is C12H23N5O4. The van der Waals surface area contributed by atoms with E-state index in [1.165, 1.54) is 7.05 Å². The third kappa shape index (κ3) is 11.4. The molecule has 4 amide bonds. The first-order valence-electron chi connectivity index (χ1n) is 6.59. The number of hydrogen-bond donors (Lipinski definition) is 5. The van der Waals surface area contributed by atoms with Crippen LogP contribution >= 0.6 is 0 Å². The average molecular weight is 301 g/mol. The molecule has 0 aromatic heterocycles. The van der Waals surface area contributed by atoms with Crippen LogP contribution in [0.3, 0.4) is 0 Å². The number of carbonyl (C=O) groups is 4. The smallest absolute Gasteiger partial charge is 0.239 e. The highest BCUT2D eigenvalue weighted by atomic mass is 16.2. The summed E-state index contributed by atoms with van der Waals surface area (Å²) < 4.78 is 0. The number of carbonyl (C=O) groups excluding carboxylic acids is 4. The van der Waals surface area contributed by atoms with Crippen LogP contribution in [0.1, 0.15) is 13.8 Å². The van der Waals surface area contributed by atoms with E-state index < -0.39 is 11.8 Å². The number of nitrogens with one attached hydrogen (secondary N) is 5. The van der Waals surface area contributed by atoms with Crippen LogP contribution in [-0.2, 0) is 19.2 Å². The number of amides is 4. The zero-order valence-electron chi connectivity index (χ0n) is 12.5. The number of likely N-dealkylation sites (N-methyl/N-ethyl adjacent to an activating group) is 1. The van der Waals surface area contributed by atoms with Crippen molar-refractivity contribution >= 4 is 23.6 Å². The predicted molar refractivity (Wildman–Crippen MR) is 76.2 cm³/mol. The van der Waals surface area contributed by atoms with Crippen molar-refractivity contribution in [3.05, 3.63) is 0 Å². The Balaban J connectivity index is 3.72. The lowest BCUT2D eigenvalue weighted by Crippen LogP contribution is -2.45. The molecule has 0 aromatic rings. The Kier molecular flexibility index (Phi) is 9.52. The van der Waals surface area contributed by atoms with Crippen molar-refractivity contribution in [2.24, 2.45) is 0 Å². The van der Waals surface area contributed by atoms with Gasteiger partial charge in [-0.3, -0.25) is 19.2 Å². The van der Waals surface area contributed by atoms with Crippen LogP contribution in [-0.4, -0.2) is 62.9 Å². The number of rotatable bonds is 9. The van der Waals surface area contributed by atoms with E-state index in [2.05, 4.69) is 26.6 Å². The van der Waals surface area contributed by atoms with Gasteiger partial charge in [-0.25, -0.2) is 0 Å². The zero-order chi connectivity index (χ0) is 16.3. The van der Waals surface area contributed by atoms with E-state index in [0.29, 0.717) is 0 Å². The molecule has 0 rings (SSSR count). The van der Waals surface area contributed by atoms with Crippen LogP contribution in [0.5, 0.6) is 0 Å². The zero-order valence-corrected chi connectivity index (χ0v) is 12.5. The minimum atomic E-state index is -0.486. The van der Waals surface area contributed by atoms with E-state index >= 15 is 0 Å². The maximum absolute atomic E-state index is 11.4. The molecule has 0 unspecified atom stereocenters. The molecule has 0 radical (unpaired) electrons. The molecule has 0 atom stereocenters. The molecule has 0 fully saturated rings. The largest absolute Gasteiger partial charge is 0.358 e. The van der Waals surface area contributed by atoms with Gasteiger partial charge in [0.05, 0.1) is 26.2 Å². The summed E-state index contributed by atoms with van der Waals surface area (Å²) in [5.41, 5.74) is 0. The Labute approximate surface area is 123 Å². The Bertz CT molecular complexity index is 384. The fourth-order valence-corrected chi connectivity index (χ4v) is 1.11. The molecule has 21 heavy (non-hydrogen) atoms. The van der Waals surface area contributed by atoms with Gasteiger partial charge in [-0.05, 0) is 0 Å². The van der Waals surface area contributed by atoms with Gasteiger partial charge < -0.3 is 26.6 Å². The van der Waals surface area contributed by atoms with Gasteiger partial charge in [-0.2, -0.15) is 0 Å². The standard InChI is InChI=1S/C12H23N5O4/c1-8(2)14-5-10(19)16-7-12(21)17-6-11(20)15-4-9(18)13-3/h8,14H,4-7H2,1-3H3,(H,13,18)(H,15,20)(H,16,19)(H,17,21). The Morgan fingerprint density at radius 2 is 1.10 bits per heavy atom. The summed E-state index contributed by atoms with van der Waals surface area (Å²) >= 11 is 0. The third-order valence-corrected chi connectivity index (χ3v) is 2.29. The van der Waals surface area contributed by atoms with Crippen molar-refractivity contribution in [1.29, 1.82) is 0 Å². The summed E-state index contributed by atoms with van der Waals surface area (Å²) in [7, 11) is 1.45. The van der Waals surface area contributed by atoms with E-state index in [4.69, 9.17) is 0 Å². The molecule has 0 aromatic carbocycles. The maximum atomic E-state index is 11.4. The summed E-state index contributed by atoms with van der Waals surface area (Å²) in [6.07, 6.45) is 0. The molecule has 9 nitrogen and oxygen atoms in total. The molecule has 0 saturated carbocycles. The lowest BCUT2D eigenvalue weighted by Gasteiger charge is -2.09. The fraction of sp³-hybridized carbons (Fsp3) is 0.667. The first kappa shape index (κ1) is 18.8. The second-order valence-electron chi connectivity index (χ2n) is 4.54. The minimum Gasteiger partial charge on any atom is -0.358 e. The van der Waals surface area contributed by atoms with E-state index in [-0.39, 0.29) is 44.0 Å². The van der Waals surface area contributed by atoms with Gasteiger partial charge in [0, 0.05) is 13.1 Å². The first-order valence-corrected chi connectivity index (χ1v) is 6.59. The van der Waals surface area contributed by atoms with Crippen molar-refractivity contribution < 1.29 is 19.2 Å². The Morgan fingerprint density at radius 1 is 0.714 bits per heavy atom. The molecule has 5 N–H and O–H groups in total. The minimum absolute atomic E-state index is 0.123. The van der Waals surface area contributed by atoms with Gasteiger partial charge in [0.15, 0.2) is 0 Å². The first-order chi connectivity index (χ1) is 9.85. The topological polar surface area (TPSA) is 128 Å². The lowest BCUT2D eigenvalue weighted by molar-refractivity contribution is -0.128. The molecule has 0 aliphatic heterocycles. The maximum Gasteiger partial charge on any atom is 0.239 e. The quantitative estimate of drug-likeness (QED) is 0.312. The normalized spacial score (nSPS) is 9.90. The second-order valence-corrected chi connectivity index (χ2v) is 4.54. The monoisotopic (exact) mass is 301 g/mol. The molecule has 0 heterocycles. The van der Waals surface area contributed by atoms with Crippen LogP contribution < -0.4 is 26.6 Å². The molecular weight excluding hydrogens is 278 g/mol. The average Bonchev–Trinajstić information content (AvgIpc) is 2.45. The fourth-order valence-electron chi connectivity index (χ4n) is 1.11. The van der Waals surface area contributed by atoms with Crippen molar-refractivity contribution in [1.82, 2.24) is 26.6 Å². The van der Waals surface area contributed by atoms with E-state index in [9.17, 15) is 19.2 Å². The highest BCUT2D eigenvalue weighted by Gasteiger charge is 2.08. The van der Waals surface area contributed by atoms with Crippen molar-refractivity contribution in [2.75, 3.05) is 33.2 Å². The Morgan fingerprint density at radius 3 is 1.48 bits per heavy atom. The van der Waals surface area contributed by atoms with Crippen LogP contribution in [0.15, 0.2) is 0 Å². The SMILES string of the molecule is CNC(=O)CNC(=O)CNC(=O)CNC(=O)CNC(C)C. The summed E-state index contributed by atoms with van der Waals surface area (Å²) in [5, 5.41) is 12.3. The lowest BCUT2D eigenvalue weighted by atomic mass is 10.4. The molecule has 9 heteroatoms. The van der Waals surface area contributed by atoms with Gasteiger partial charge >= 0.3 is 0 Å². The van der Waals surface area contributed by atoms with Crippen molar-refractivity contribution in [3.8, 4) is 0 Å². The summed E-state index contributed by atoms with van der Waals surface area (Å²) in [6, 6.07) is 0.175. The van der Waals surface area contributed by atoms with Crippen LogP contribution in [0.4, 0.5) is 0 Å². The molecule has 0 saturated heterocycles. The molecule has 0 spiro atoms. The summed E-state index contributed by atoms with van der Waals surface area (Å²) in [4.78, 5) is 44.9. The second kappa shape index (κ2) is 10.6. The molecule has 0 aliphatic rings. The van der Waals surface area contributed by atoms with Crippen LogP contribution in [0.2, 0.25) is 0 Å². The van der Waals surface area contributed by atoms with Crippen molar-refractivity contribution in [2.45, 2.75) is 19.9 Å². The number of hydrogen-bond acceptors (Lipinski definition) is 5. The predicted octanol–water partition coefficient (Wildman–Crippen LogP) is -2.92. The van der Waals surface area contributed by atoms with E-state index in [0.717, 1.165) is 0 Å². The highest BCUT2D eigenvalue weighted by Crippen LogP contribution is 1.75. The summed E-state index contributed by atoms with van der Waals surface area (Å²) in [5.74, 6) is -1.61. The van der Waals surface area contributed by atoms with Gasteiger partial charge in [0.1, 0.15) is 0 Å². The van der Waals surface area contributed by atoms with Gasteiger partial charge in [0.25, 0.3) is 0 Å². The molecule has 0 bridgehead atoms. The third-order valence-electron chi connectivity index (χ3n) is 2.29. The van der Waals surface area contributed by atoms with Gasteiger partial charge in [-0.1, -0.05) is 13.8 Å². The Hall–Kier alpha value is -2.16. The van der Waals surface area contributed by atoms with E-state index in [1.54, 1.807) is 0 Å². The van der Waals surface area contributed by atoms with Gasteiger partial charge in [-0.15, -0.1) is 0 Å². The van der Waals surface area contributed by atoms with Crippen LogP contribution in [0, 0.1) is 0 Å². The molecule has 120 valence electrons. The van der Waals surface area contributed by atoms with Crippen molar-refractivity contribution in [3.63, 3.8) is 0 Å². The van der Waals surface area contributed by atoms with Gasteiger partial charge in [0.2, 0.25) is 23.6 Å². The van der Waals surface area contributed by atoms with Crippen LogP contribution in [0.25, 0.3) is 0 Å². The molecule has 0 aliphatic carbocycles. The summed E-state index contributed by atoms with van der Waals surface area (Å²) in [6.45, 7) is 3.31. The van der Waals surface area contributed by atoms with E-state index in [1.807, 2.05) is 13.8 Å².